The maximum atomic E-state index is 12.4. The van der Waals surface area contributed by atoms with E-state index in [1.807, 2.05) is 24.3 Å². The van der Waals surface area contributed by atoms with Gasteiger partial charge in [-0.1, -0.05) is 54.6 Å². The monoisotopic (exact) mass is 322 g/mol. The van der Waals surface area contributed by atoms with Crippen LogP contribution in [0.15, 0.2) is 74.7 Å². The van der Waals surface area contributed by atoms with Crippen LogP contribution in [0.5, 0.6) is 0 Å². The minimum absolute atomic E-state index is 0.362. The third kappa shape index (κ3) is 1.42. The van der Waals surface area contributed by atoms with Gasteiger partial charge in [-0.05, 0) is 43.8 Å². The molecule has 0 amide bonds. The SMILES string of the molecule is O=c1oc(=O)c2c1cc1cccc3c4cccc5cccc(c54)c2c13. The minimum atomic E-state index is -0.561. The van der Waals surface area contributed by atoms with Crippen molar-refractivity contribution in [1.82, 2.24) is 0 Å². The fourth-order valence-electron chi connectivity index (χ4n) is 4.29. The van der Waals surface area contributed by atoms with Crippen molar-refractivity contribution in [1.29, 1.82) is 0 Å². The standard InChI is InChI=1S/C22H10O3/c23-21-16-10-12-6-3-8-14-13-7-1-4-11-5-2-9-15(17(11)13)19(18(12)14)20(16)22(24)25-21/h1-10H. The summed E-state index contributed by atoms with van der Waals surface area (Å²) in [6.45, 7) is 0. The Balaban J connectivity index is 2.19. The van der Waals surface area contributed by atoms with Crippen LogP contribution in [0.3, 0.4) is 0 Å². The van der Waals surface area contributed by atoms with Crippen LogP contribution < -0.4 is 11.3 Å². The van der Waals surface area contributed by atoms with E-state index < -0.39 is 11.3 Å². The van der Waals surface area contributed by atoms with Crippen molar-refractivity contribution in [2.45, 2.75) is 0 Å². The summed E-state index contributed by atoms with van der Waals surface area (Å²) >= 11 is 0. The summed E-state index contributed by atoms with van der Waals surface area (Å²) in [6, 6.07) is 20.1. The van der Waals surface area contributed by atoms with Crippen molar-refractivity contribution >= 4 is 53.9 Å². The van der Waals surface area contributed by atoms with Crippen molar-refractivity contribution in [3.05, 3.63) is 81.5 Å². The third-order valence-corrected chi connectivity index (χ3v) is 5.24. The van der Waals surface area contributed by atoms with E-state index in [-0.39, 0.29) is 0 Å². The zero-order valence-corrected chi connectivity index (χ0v) is 13.0. The van der Waals surface area contributed by atoms with Crippen molar-refractivity contribution < 1.29 is 4.42 Å². The smallest absolute Gasteiger partial charge is 0.347 e. The van der Waals surface area contributed by atoms with Crippen LogP contribution in [-0.2, 0) is 0 Å². The molecule has 0 spiro atoms. The molecule has 0 radical (unpaired) electrons. The second-order valence-corrected chi connectivity index (χ2v) is 6.46. The van der Waals surface area contributed by atoms with Crippen LogP contribution >= 0.6 is 0 Å². The van der Waals surface area contributed by atoms with E-state index >= 15 is 0 Å². The van der Waals surface area contributed by atoms with Gasteiger partial charge in [0, 0.05) is 5.39 Å². The fraction of sp³-hybridized carbons (Fsp3) is 0. The van der Waals surface area contributed by atoms with E-state index in [9.17, 15) is 9.59 Å². The van der Waals surface area contributed by atoms with E-state index in [1.54, 1.807) is 6.07 Å². The second kappa shape index (κ2) is 4.14. The van der Waals surface area contributed by atoms with Crippen molar-refractivity contribution in [3.63, 3.8) is 0 Å². The average Bonchev–Trinajstić information content (AvgIpc) is 2.92. The van der Waals surface area contributed by atoms with Gasteiger partial charge in [0.05, 0.1) is 10.8 Å². The van der Waals surface area contributed by atoms with Gasteiger partial charge in [-0.3, -0.25) is 0 Å². The lowest BCUT2D eigenvalue weighted by Gasteiger charge is -2.14. The van der Waals surface area contributed by atoms with Gasteiger partial charge >= 0.3 is 11.3 Å². The normalized spacial score (nSPS) is 12.3. The number of rotatable bonds is 0. The van der Waals surface area contributed by atoms with E-state index in [0.717, 1.165) is 43.1 Å². The molecule has 0 unspecified atom stereocenters. The van der Waals surface area contributed by atoms with Gasteiger partial charge in [-0.25, -0.2) is 9.59 Å². The Hall–Kier alpha value is -3.46. The Kier molecular flexibility index (Phi) is 2.13. The molecule has 3 nitrogen and oxygen atoms in total. The number of benzene rings is 5. The number of fused-ring (bicyclic) bond motifs is 4. The van der Waals surface area contributed by atoms with Gasteiger partial charge in [0.1, 0.15) is 0 Å². The number of hydrogen-bond acceptors (Lipinski definition) is 3. The predicted octanol–water partition coefficient (Wildman–Crippen LogP) is 4.64. The molecule has 0 atom stereocenters. The van der Waals surface area contributed by atoms with Crippen molar-refractivity contribution in [2.24, 2.45) is 0 Å². The first kappa shape index (κ1) is 12.9. The summed E-state index contributed by atoms with van der Waals surface area (Å²) in [5.41, 5.74) is -1.11. The molecule has 0 N–H and O–H groups in total. The van der Waals surface area contributed by atoms with Gasteiger partial charge in [-0.15, -0.1) is 0 Å². The van der Waals surface area contributed by atoms with E-state index in [2.05, 4.69) is 30.3 Å². The molecule has 0 fully saturated rings. The number of hydrogen-bond donors (Lipinski definition) is 0. The quantitative estimate of drug-likeness (QED) is 0.302. The highest BCUT2D eigenvalue weighted by atomic mass is 16.4. The van der Waals surface area contributed by atoms with Crippen molar-refractivity contribution in [2.75, 3.05) is 0 Å². The van der Waals surface area contributed by atoms with E-state index in [4.69, 9.17) is 4.42 Å². The Bertz CT molecular complexity index is 1570. The second-order valence-electron chi connectivity index (χ2n) is 6.46. The summed E-state index contributed by atoms with van der Waals surface area (Å²) in [7, 11) is 0. The topological polar surface area (TPSA) is 47.3 Å². The van der Waals surface area contributed by atoms with Crippen molar-refractivity contribution in [3.8, 4) is 0 Å². The predicted molar refractivity (Wildman–Crippen MR) is 101 cm³/mol. The molecule has 0 aliphatic carbocycles. The zero-order chi connectivity index (χ0) is 16.7. The zero-order valence-electron chi connectivity index (χ0n) is 13.0. The Morgan fingerprint density at radius 3 is 1.92 bits per heavy atom. The molecule has 1 heterocycles. The van der Waals surface area contributed by atoms with E-state index in [1.165, 1.54) is 0 Å². The first-order valence-electron chi connectivity index (χ1n) is 8.13. The lowest BCUT2D eigenvalue weighted by Crippen LogP contribution is -1.95. The first-order chi connectivity index (χ1) is 12.2. The Labute approximate surface area is 140 Å². The van der Waals surface area contributed by atoms with Crippen LogP contribution in [0.4, 0.5) is 0 Å². The van der Waals surface area contributed by atoms with Gasteiger partial charge < -0.3 is 4.42 Å². The molecule has 0 saturated carbocycles. The molecular formula is C22H10O3. The Morgan fingerprint density at radius 1 is 0.520 bits per heavy atom. The first-order valence-corrected chi connectivity index (χ1v) is 8.13. The van der Waals surface area contributed by atoms with Gasteiger partial charge in [0.25, 0.3) is 0 Å². The Morgan fingerprint density at radius 2 is 1.16 bits per heavy atom. The van der Waals surface area contributed by atoms with Gasteiger partial charge in [0.15, 0.2) is 0 Å². The molecule has 3 heteroatoms. The number of furan rings is 1. The molecule has 0 aliphatic rings. The lowest BCUT2D eigenvalue weighted by molar-refractivity contribution is 0.500. The lowest BCUT2D eigenvalue weighted by atomic mass is 9.88. The summed E-state index contributed by atoms with van der Waals surface area (Å²) < 4.78 is 4.92. The van der Waals surface area contributed by atoms with Crippen LogP contribution in [0.1, 0.15) is 0 Å². The highest BCUT2D eigenvalue weighted by molar-refractivity contribution is 6.37. The summed E-state index contributed by atoms with van der Waals surface area (Å²) in [6.07, 6.45) is 0. The minimum Gasteiger partial charge on any atom is -0.386 e. The molecule has 6 aromatic rings. The van der Waals surface area contributed by atoms with Gasteiger partial charge in [0.2, 0.25) is 0 Å². The fourth-order valence-corrected chi connectivity index (χ4v) is 4.29. The maximum absolute atomic E-state index is 12.4. The van der Waals surface area contributed by atoms with Crippen LogP contribution in [0.2, 0.25) is 0 Å². The molecule has 116 valence electrons. The highest BCUT2D eigenvalue weighted by Gasteiger charge is 2.19. The molecular weight excluding hydrogens is 312 g/mol. The molecule has 0 aliphatic heterocycles. The van der Waals surface area contributed by atoms with Crippen LogP contribution in [0.25, 0.3) is 53.9 Å². The van der Waals surface area contributed by atoms with E-state index in [0.29, 0.717) is 10.8 Å². The summed E-state index contributed by atoms with van der Waals surface area (Å²) in [4.78, 5) is 24.6. The average molecular weight is 322 g/mol. The molecule has 5 aromatic carbocycles. The maximum Gasteiger partial charge on any atom is 0.347 e. The van der Waals surface area contributed by atoms with Gasteiger partial charge in [-0.2, -0.15) is 0 Å². The molecule has 0 saturated heterocycles. The molecule has 0 bridgehead atoms. The summed E-state index contributed by atoms with van der Waals surface area (Å²) in [5.74, 6) is 0. The third-order valence-electron chi connectivity index (χ3n) is 5.24. The molecule has 6 rings (SSSR count). The highest BCUT2D eigenvalue weighted by Crippen LogP contribution is 2.42. The van der Waals surface area contributed by atoms with Crippen LogP contribution in [0, 0.1) is 0 Å². The largest absolute Gasteiger partial charge is 0.386 e. The van der Waals surface area contributed by atoms with Crippen LogP contribution in [-0.4, -0.2) is 0 Å². The molecule has 1 aromatic heterocycles. The summed E-state index contributed by atoms with van der Waals surface area (Å²) in [5, 5.41) is 9.01. The molecule has 25 heavy (non-hydrogen) atoms.